The maximum absolute atomic E-state index is 12.9. The van der Waals surface area contributed by atoms with Crippen LogP contribution in [-0.4, -0.2) is 70.5 Å². The summed E-state index contributed by atoms with van der Waals surface area (Å²) in [5, 5.41) is 0. The van der Waals surface area contributed by atoms with E-state index in [2.05, 4.69) is 23.7 Å². The highest BCUT2D eigenvalue weighted by molar-refractivity contribution is 7.99. The number of nitrogens with zero attached hydrogens (tertiary/aromatic N) is 3. The van der Waals surface area contributed by atoms with Gasteiger partial charge in [0.25, 0.3) is 5.91 Å². The molecule has 2 saturated heterocycles. The van der Waals surface area contributed by atoms with Gasteiger partial charge in [0.15, 0.2) is 0 Å². The van der Waals surface area contributed by atoms with Crippen molar-refractivity contribution < 1.29 is 9.53 Å². The number of hydrogen-bond acceptors (Lipinski definition) is 5. The van der Waals surface area contributed by atoms with Crippen LogP contribution in [0.25, 0.3) is 0 Å². The summed E-state index contributed by atoms with van der Waals surface area (Å²) in [6.45, 7) is 7.79. The van der Waals surface area contributed by atoms with Crippen LogP contribution in [0, 0.1) is 0 Å². The monoisotopic (exact) mass is 335 g/mol. The maximum atomic E-state index is 12.9. The Labute approximate surface area is 142 Å². The molecule has 3 rings (SSSR count). The van der Waals surface area contributed by atoms with E-state index in [1.165, 1.54) is 0 Å². The summed E-state index contributed by atoms with van der Waals surface area (Å²) >= 11 is 1.89. The van der Waals surface area contributed by atoms with Crippen LogP contribution in [0.1, 0.15) is 30.6 Å². The molecule has 0 aliphatic carbocycles. The zero-order valence-corrected chi connectivity index (χ0v) is 14.7. The Bertz CT molecular complexity index is 538. The van der Waals surface area contributed by atoms with Gasteiger partial charge in [-0.05, 0) is 38.2 Å². The van der Waals surface area contributed by atoms with Crippen molar-refractivity contribution in [3.63, 3.8) is 0 Å². The molecule has 23 heavy (non-hydrogen) atoms. The minimum Gasteiger partial charge on any atom is -0.473 e. The van der Waals surface area contributed by atoms with Crippen LogP contribution in [-0.2, 0) is 0 Å². The second-order valence-corrected chi connectivity index (χ2v) is 7.53. The summed E-state index contributed by atoms with van der Waals surface area (Å²) in [6, 6.07) is 4.18. The van der Waals surface area contributed by atoms with Crippen molar-refractivity contribution in [3.8, 4) is 5.88 Å². The molecule has 0 saturated carbocycles. The van der Waals surface area contributed by atoms with Gasteiger partial charge in [-0.3, -0.25) is 9.69 Å². The minimum atomic E-state index is 0.0437. The van der Waals surface area contributed by atoms with Crippen molar-refractivity contribution in [2.24, 2.45) is 0 Å². The van der Waals surface area contributed by atoms with E-state index in [9.17, 15) is 4.79 Å². The normalized spacial score (nSPS) is 22.6. The SMILES string of the molecule is CC(C)N1CCN(C(=O)c2cccnc2OC2CCSC2)CC1. The first-order valence-electron chi connectivity index (χ1n) is 8.38. The molecule has 0 N–H and O–H groups in total. The minimum absolute atomic E-state index is 0.0437. The van der Waals surface area contributed by atoms with E-state index >= 15 is 0 Å². The zero-order chi connectivity index (χ0) is 16.2. The average molecular weight is 335 g/mol. The summed E-state index contributed by atoms with van der Waals surface area (Å²) in [5.41, 5.74) is 0.599. The van der Waals surface area contributed by atoms with Crippen LogP contribution >= 0.6 is 11.8 Å². The summed E-state index contributed by atoms with van der Waals surface area (Å²) in [7, 11) is 0. The Morgan fingerprint density at radius 2 is 2.13 bits per heavy atom. The molecule has 3 heterocycles. The van der Waals surface area contributed by atoms with Crippen LogP contribution in [0.4, 0.5) is 0 Å². The van der Waals surface area contributed by atoms with Crippen LogP contribution in [0.2, 0.25) is 0 Å². The number of thioether (sulfide) groups is 1. The van der Waals surface area contributed by atoms with Gasteiger partial charge in [-0.25, -0.2) is 4.98 Å². The predicted octanol–water partition coefficient (Wildman–Crippen LogP) is 2.13. The predicted molar refractivity (Wildman–Crippen MR) is 93.2 cm³/mol. The number of aromatic nitrogens is 1. The molecule has 2 aliphatic heterocycles. The van der Waals surface area contributed by atoms with Gasteiger partial charge in [0.05, 0.1) is 0 Å². The third-order valence-corrected chi connectivity index (χ3v) is 5.63. The molecular weight excluding hydrogens is 310 g/mol. The number of carbonyl (C=O) groups excluding carboxylic acids is 1. The van der Waals surface area contributed by atoms with Crippen molar-refractivity contribution in [1.29, 1.82) is 0 Å². The van der Waals surface area contributed by atoms with Crippen molar-refractivity contribution in [2.45, 2.75) is 32.4 Å². The second kappa shape index (κ2) is 7.53. The fourth-order valence-corrected chi connectivity index (χ4v) is 4.12. The smallest absolute Gasteiger partial charge is 0.259 e. The summed E-state index contributed by atoms with van der Waals surface area (Å²) in [4.78, 5) is 21.5. The molecule has 0 radical (unpaired) electrons. The van der Waals surface area contributed by atoms with Crippen LogP contribution in [0.3, 0.4) is 0 Å². The second-order valence-electron chi connectivity index (χ2n) is 6.38. The Kier molecular flexibility index (Phi) is 5.43. The Balaban J connectivity index is 1.67. The van der Waals surface area contributed by atoms with Crippen LogP contribution in [0.15, 0.2) is 18.3 Å². The molecule has 0 spiro atoms. The third kappa shape index (κ3) is 3.98. The molecule has 1 atom stereocenters. The van der Waals surface area contributed by atoms with E-state index in [1.807, 2.05) is 28.8 Å². The van der Waals surface area contributed by atoms with Gasteiger partial charge in [-0.1, -0.05) is 0 Å². The van der Waals surface area contributed by atoms with Gasteiger partial charge in [0, 0.05) is 44.2 Å². The molecule has 1 aromatic heterocycles. The highest BCUT2D eigenvalue weighted by Crippen LogP contribution is 2.25. The summed E-state index contributed by atoms with van der Waals surface area (Å²) in [5.74, 6) is 2.65. The van der Waals surface area contributed by atoms with E-state index in [1.54, 1.807) is 6.20 Å². The van der Waals surface area contributed by atoms with E-state index in [0.717, 1.165) is 44.1 Å². The molecule has 1 unspecified atom stereocenters. The molecule has 2 fully saturated rings. The largest absolute Gasteiger partial charge is 0.473 e. The molecule has 2 aliphatic rings. The molecular formula is C17H25N3O2S. The van der Waals surface area contributed by atoms with Gasteiger partial charge in [0.1, 0.15) is 11.7 Å². The fraction of sp³-hybridized carbons (Fsp3) is 0.647. The first kappa shape index (κ1) is 16.6. The number of carbonyl (C=O) groups is 1. The maximum Gasteiger partial charge on any atom is 0.259 e. The first-order valence-corrected chi connectivity index (χ1v) is 9.53. The average Bonchev–Trinajstić information content (AvgIpc) is 3.08. The molecule has 6 heteroatoms. The third-order valence-electron chi connectivity index (χ3n) is 4.50. The van der Waals surface area contributed by atoms with Gasteiger partial charge in [-0.15, -0.1) is 0 Å². The lowest BCUT2D eigenvalue weighted by Crippen LogP contribution is -2.50. The molecule has 5 nitrogen and oxygen atoms in total. The number of piperazine rings is 1. The Morgan fingerprint density at radius 1 is 1.35 bits per heavy atom. The van der Waals surface area contributed by atoms with Crippen molar-refractivity contribution >= 4 is 17.7 Å². The highest BCUT2D eigenvalue weighted by Gasteiger charge is 2.27. The van der Waals surface area contributed by atoms with Crippen molar-refractivity contribution in [2.75, 3.05) is 37.7 Å². The highest BCUT2D eigenvalue weighted by atomic mass is 32.2. The van der Waals surface area contributed by atoms with E-state index in [-0.39, 0.29) is 12.0 Å². The lowest BCUT2D eigenvalue weighted by atomic mass is 10.2. The quantitative estimate of drug-likeness (QED) is 0.843. The van der Waals surface area contributed by atoms with Crippen molar-refractivity contribution in [3.05, 3.63) is 23.9 Å². The van der Waals surface area contributed by atoms with E-state index in [4.69, 9.17) is 4.74 Å². The summed E-state index contributed by atoms with van der Waals surface area (Å²) < 4.78 is 5.99. The molecule has 126 valence electrons. The summed E-state index contributed by atoms with van der Waals surface area (Å²) in [6.07, 6.45) is 2.91. The molecule has 0 bridgehead atoms. The number of hydrogen-bond donors (Lipinski definition) is 0. The van der Waals surface area contributed by atoms with Crippen LogP contribution in [0.5, 0.6) is 5.88 Å². The first-order chi connectivity index (χ1) is 11.1. The zero-order valence-electron chi connectivity index (χ0n) is 13.9. The molecule has 1 amide bonds. The number of amides is 1. The molecule has 0 aromatic carbocycles. The number of pyridine rings is 1. The lowest BCUT2D eigenvalue weighted by molar-refractivity contribution is 0.0588. The Morgan fingerprint density at radius 3 is 2.78 bits per heavy atom. The van der Waals surface area contributed by atoms with E-state index < -0.39 is 0 Å². The topological polar surface area (TPSA) is 45.7 Å². The Hall–Kier alpha value is -1.27. The number of rotatable bonds is 4. The standard InChI is InChI=1S/C17H25N3O2S/c1-13(2)19-7-9-20(10-8-19)17(21)15-4-3-6-18-16(15)22-14-5-11-23-12-14/h3-4,6,13-14H,5,7-12H2,1-2H3. The van der Waals surface area contributed by atoms with Crippen molar-refractivity contribution in [1.82, 2.24) is 14.8 Å². The molecule has 1 aromatic rings. The van der Waals surface area contributed by atoms with Crippen LogP contribution < -0.4 is 4.74 Å². The van der Waals surface area contributed by atoms with Gasteiger partial charge < -0.3 is 9.64 Å². The van der Waals surface area contributed by atoms with Gasteiger partial charge >= 0.3 is 0 Å². The van der Waals surface area contributed by atoms with E-state index in [0.29, 0.717) is 17.5 Å². The lowest BCUT2D eigenvalue weighted by Gasteiger charge is -2.37. The fourth-order valence-electron chi connectivity index (χ4n) is 3.02. The van der Waals surface area contributed by atoms with Gasteiger partial charge in [-0.2, -0.15) is 11.8 Å². The number of ether oxygens (including phenoxy) is 1. The van der Waals surface area contributed by atoms with Gasteiger partial charge in [0.2, 0.25) is 5.88 Å².